The van der Waals surface area contributed by atoms with E-state index >= 15 is 0 Å². The molecule has 2 aromatic carbocycles. The van der Waals surface area contributed by atoms with Crippen LogP contribution < -0.4 is 31.7 Å². The number of aromatic amines is 1. The molecule has 0 saturated carbocycles. The molecule has 3 aliphatic heterocycles. The number of nitrogens with zero attached hydrogens (tertiary/aromatic N) is 6. The minimum atomic E-state index is -1.03. The largest absolute Gasteiger partial charge is 0.382 e. The fourth-order valence-corrected chi connectivity index (χ4v) is 9.51. The highest BCUT2D eigenvalue weighted by atomic mass is 16.6. The summed E-state index contributed by atoms with van der Waals surface area (Å²) in [4.78, 5) is 102. The number of nitrogens with one attached hydrogen (secondary N) is 5. The smallest absolute Gasteiger partial charge is 0.264 e. The van der Waals surface area contributed by atoms with Crippen molar-refractivity contribution in [2.45, 2.75) is 65.6 Å². The number of pyridine rings is 2. The van der Waals surface area contributed by atoms with Gasteiger partial charge < -0.3 is 44.8 Å². The van der Waals surface area contributed by atoms with Crippen LogP contribution in [0.5, 0.6) is 0 Å². The summed E-state index contributed by atoms with van der Waals surface area (Å²) in [5.74, 6) is -1.68. The molecule has 1 atom stereocenters. The normalized spacial score (nSPS) is 15.9. The maximum atomic E-state index is 13.7. The molecule has 0 aliphatic carbocycles. The number of anilines is 2. The Morgan fingerprint density at radius 1 is 0.789 bits per heavy atom. The Bertz CT molecular complexity index is 2970. The summed E-state index contributed by atoms with van der Waals surface area (Å²) < 4.78 is 24.3. The molecule has 0 bridgehead atoms. The van der Waals surface area contributed by atoms with Crippen molar-refractivity contribution in [3.8, 4) is 11.1 Å². The van der Waals surface area contributed by atoms with Gasteiger partial charge in [0, 0.05) is 105 Å². The maximum Gasteiger partial charge on any atom is 0.264 e. The Morgan fingerprint density at radius 3 is 2.17 bits per heavy atom. The first-order chi connectivity index (χ1) is 36.8. The van der Waals surface area contributed by atoms with Crippen LogP contribution in [0.1, 0.15) is 87.0 Å². The summed E-state index contributed by atoms with van der Waals surface area (Å²) in [6.45, 7) is 15.3. The van der Waals surface area contributed by atoms with Crippen LogP contribution in [0.2, 0.25) is 0 Å². The zero-order valence-electron chi connectivity index (χ0n) is 43.5. The number of hydrogen-bond donors (Lipinski definition) is 5. The van der Waals surface area contributed by atoms with E-state index in [1.165, 1.54) is 0 Å². The molecular formula is C54H67N11O11. The van der Waals surface area contributed by atoms with Gasteiger partial charge in [0.15, 0.2) is 0 Å². The van der Waals surface area contributed by atoms with Gasteiger partial charge >= 0.3 is 0 Å². The molecule has 2 fully saturated rings. The predicted octanol–water partition coefficient (Wildman–Crippen LogP) is 3.12. The molecule has 5 N–H and O–H groups in total. The summed E-state index contributed by atoms with van der Waals surface area (Å²) >= 11 is 0. The van der Waals surface area contributed by atoms with Gasteiger partial charge in [-0.1, -0.05) is 6.07 Å². The summed E-state index contributed by atoms with van der Waals surface area (Å²) in [5, 5.41) is 16.5. The van der Waals surface area contributed by atoms with Crippen LogP contribution in [-0.4, -0.2) is 170 Å². The molecule has 0 radical (unpaired) electrons. The van der Waals surface area contributed by atoms with Gasteiger partial charge in [0.1, 0.15) is 11.9 Å². The van der Waals surface area contributed by atoms with Gasteiger partial charge in [0.25, 0.3) is 23.3 Å². The summed E-state index contributed by atoms with van der Waals surface area (Å²) in [5.41, 5.74) is 5.74. The number of fused-ring (bicyclic) bond motifs is 2. The van der Waals surface area contributed by atoms with Crippen molar-refractivity contribution >= 4 is 57.9 Å². The van der Waals surface area contributed by atoms with Gasteiger partial charge in [0.05, 0.1) is 81.3 Å². The lowest BCUT2D eigenvalue weighted by molar-refractivity contribution is -0.136. The summed E-state index contributed by atoms with van der Waals surface area (Å²) in [7, 11) is 0. The third-order valence-electron chi connectivity index (χ3n) is 13.5. The molecule has 404 valence electrons. The Hall–Kier alpha value is -7.37. The van der Waals surface area contributed by atoms with E-state index in [-0.39, 0.29) is 53.9 Å². The Kier molecular flexibility index (Phi) is 18.7. The van der Waals surface area contributed by atoms with Crippen molar-refractivity contribution in [1.29, 1.82) is 0 Å². The number of imide groups is 2. The molecule has 3 aliphatic rings. The number of amides is 6. The molecule has 22 nitrogen and oxygen atoms in total. The van der Waals surface area contributed by atoms with E-state index in [2.05, 4.69) is 41.1 Å². The molecule has 3 aromatic heterocycles. The van der Waals surface area contributed by atoms with Gasteiger partial charge in [-0.15, -0.1) is 0 Å². The van der Waals surface area contributed by atoms with E-state index in [0.717, 1.165) is 70.2 Å². The van der Waals surface area contributed by atoms with Crippen LogP contribution in [-0.2, 0) is 39.9 Å². The summed E-state index contributed by atoms with van der Waals surface area (Å²) in [6, 6.07) is 13.7. The Morgan fingerprint density at radius 2 is 1.50 bits per heavy atom. The fourth-order valence-electron chi connectivity index (χ4n) is 9.51. The number of aryl methyl sites for hydroxylation is 2. The van der Waals surface area contributed by atoms with Gasteiger partial charge in [-0.3, -0.25) is 53.4 Å². The number of piperazine rings is 1. The minimum absolute atomic E-state index is 0.0302. The molecule has 76 heavy (non-hydrogen) atoms. The number of carbonyl (C=O) groups is 6. The third kappa shape index (κ3) is 13.5. The quantitative estimate of drug-likeness (QED) is 0.0394. The number of H-pyrrole nitrogens is 1. The fraction of sp³-hybridized carbons (Fsp3) is 0.463. The van der Waals surface area contributed by atoms with Gasteiger partial charge in [-0.05, 0) is 87.7 Å². The van der Waals surface area contributed by atoms with Crippen molar-refractivity contribution in [3.63, 3.8) is 0 Å². The van der Waals surface area contributed by atoms with E-state index in [1.807, 2.05) is 68.9 Å². The number of carbonyl (C=O) groups excluding carboxylic acids is 6. The second-order valence-electron chi connectivity index (χ2n) is 19.2. The molecule has 22 heteroatoms. The minimum Gasteiger partial charge on any atom is -0.382 e. The van der Waals surface area contributed by atoms with Crippen molar-refractivity contribution in [2.75, 3.05) is 109 Å². The predicted molar refractivity (Wildman–Crippen MR) is 282 cm³/mol. The lowest BCUT2D eigenvalue weighted by Crippen LogP contribution is -2.54. The van der Waals surface area contributed by atoms with Gasteiger partial charge in [-0.2, -0.15) is 5.10 Å². The van der Waals surface area contributed by atoms with Gasteiger partial charge in [-0.25, -0.2) is 4.98 Å². The zero-order valence-corrected chi connectivity index (χ0v) is 43.5. The highest BCUT2D eigenvalue weighted by molar-refractivity contribution is 6.25. The number of piperidine rings is 1. The number of benzene rings is 2. The van der Waals surface area contributed by atoms with E-state index in [0.29, 0.717) is 95.7 Å². The molecule has 6 heterocycles. The van der Waals surface area contributed by atoms with Crippen LogP contribution in [0.4, 0.5) is 11.5 Å². The van der Waals surface area contributed by atoms with Crippen LogP contribution in [0, 0.1) is 13.8 Å². The molecule has 0 spiro atoms. The second kappa shape index (κ2) is 25.9. The molecule has 6 amide bonds. The zero-order chi connectivity index (χ0) is 53.7. The molecule has 5 aromatic rings. The molecule has 1 unspecified atom stereocenters. The molecular weight excluding hydrogens is 979 g/mol. The SMILES string of the molecule is Cc1cc(C)c(CNC(=O)c2cc(-c3ccc(N4CCN(CCC(=O)NCCOCCOCCOCCOCCNc5cccc6c5C(=O)N(C5CCC(=O)NC5=O)C6=O)CC4)nc3)cc3c2cnn3C(C)C)c(=O)[nH]1. The average Bonchev–Trinajstić information content (AvgIpc) is 3.97. The van der Waals surface area contributed by atoms with E-state index in [9.17, 15) is 33.6 Å². The highest BCUT2D eigenvalue weighted by Crippen LogP contribution is 2.33. The highest BCUT2D eigenvalue weighted by Gasteiger charge is 2.45. The summed E-state index contributed by atoms with van der Waals surface area (Å²) in [6.07, 6.45) is 4.08. The number of aromatic nitrogens is 4. The topological polar surface area (TPSA) is 261 Å². The van der Waals surface area contributed by atoms with Gasteiger partial charge in [0.2, 0.25) is 17.7 Å². The number of hydrogen-bond acceptors (Lipinski definition) is 16. The Balaban J connectivity index is 0.650. The number of rotatable bonds is 26. The number of ether oxygens (including phenoxy) is 4. The monoisotopic (exact) mass is 1050 g/mol. The van der Waals surface area contributed by atoms with E-state index in [1.54, 1.807) is 24.4 Å². The van der Waals surface area contributed by atoms with Crippen molar-refractivity contribution in [3.05, 3.63) is 105 Å². The average molecular weight is 1050 g/mol. The first-order valence-electron chi connectivity index (χ1n) is 25.9. The standard InChI is InChI=1S/C54H67N11O11/c1-34(2)65-45-30-38(29-40(42(45)33-59-65)50(68)58-32-41-35(3)28-36(4)60-51(41)69)37-8-10-46(57-31-37)63-18-16-62(17-19-63)15-12-47(66)56-14-21-74-23-25-76-27-26-75-24-22-73-20-13-55-43-7-5-6-39-49(43)54(72)64(53(39)71)44-9-11-48(67)61-52(44)70/h5-8,10,28-31,33-34,44,55H,9,11-27,32H2,1-4H3,(H,56,66)(H,58,68)(H,60,69)(H,61,67,70). The van der Waals surface area contributed by atoms with Crippen molar-refractivity contribution in [2.24, 2.45) is 0 Å². The molecule has 8 rings (SSSR count). The maximum absolute atomic E-state index is 13.7. The molecule has 2 saturated heterocycles. The lowest BCUT2D eigenvalue weighted by atomic mass is 10.0. The second-order valence-corrected chi connectivity index (χ2v) is 19.2. The van der Waals surface area contributed by atoms with Crippen LogP contribution in [0.3, 0.4) is 0 Å². The first-order valence-corrected chi connectivity index (χ1v) is 25.9. The Labute approximate surface area is 440 Å². The van der Waals surface area contributed by atoms with Crippen LogP contribution in [0.25, 0.3) is 22.0 Å². The third-order valence-corrected chi connectivity index (χ3v) is 13.5. The lowest BCUT2D eigenvalue weighted by Gasteiger charge is -2.35. The van der Waals surface area contributed by atoms with Crippen molar-refractivity contribution < 1.29 is 47.7 Å². The first kappa shape index (κ1) is 54.9. The van der Waals surface area contributed by atoms with Crippen molar-refractivity contribution in [1.82, 2.24) is 45.5 Å². The van der Waals surface area contributed by atoms with Crippen LogP contribution in [0.15, 0.2) is 65.7 Å². The van der Waals surface area contributed by atoms with E-state index in [4.69, 9.17) is 23.9 Å². The van der Waals surface area contributed by atoms with Crippen LogP contribution >= 0.6 is 0 Å². The van der Waals surface area contributed by atoms with E-state index < -0.39 is 29.7 Å².